The van der Waals surface area contributed by atoms with Gasteiger partial charge in [0.15, 0.2) is 11.6 Å². The maximum atomic E-state index is 14.0. The number of morpholine rings is 1. The molecule has 5 heteroatoms. The minimum Gasteiger partial charge on any atom is -0.369 e. The molecule has 0 radical (unpaired) electrons. The predicted molar refractivity (Wildman–Crippen MR) is 67.9 cm³/mol. The van der Waals surface area contributed by atoms with E-state index >= 15 is 0 Å². The van der Waals surface area contributed by atoms with Gasteiger partial charge in [-0.15, -0.1) is 0 Å². The highest BCUT2D eigenvalue weighted by Gasteiger charge is 2.33. The topological polar surface area (TPSA) is 36.3 Å². The third-order valence-electron chi connectivity index (χ3n) is 3.09. The van der Waals surface area contributed by atoms with Gasteiger partial charge in [-0.2, -0.15) is 5.26 Å². The van der Waals surface area contributed by atoms with Crippen molar-refractivity contribution in [1.29, 1.82) is 5.26 Å². The second-order valence-corrected chi connectivity index (χ2v) is 5.44. The summed E-state index contributed by atoms with van der Waals surface area (Å²) in [6.07, 6.45) is -0.0677. The van der Waals surface area contributed by atoms with Gasteiger partial charge >= 0.3 is 0 Å². The lowest BCUT2D eigenvalue weighted by Crippen LogP contribution is -2.52. The van der Waals surface area contributed by atoms with Crippen LogP contribution in [0.5, 0.6) is 0 Å². The van der Waals surface area contributed by atoms with Crippen molar-refractivity contribution >= 4 is 5.69 Å². The Morgan fingerprint density at radius 1 is 1.37 bits per heavy atom. The Balaban J connectivity index is 2.37. The van der Waals surface area contributed by atoms with Gasteiger partial charge in [0.2, 0.25) is 0 Å². The summed E-state index contributed by atoms with van der Waals surface area (Å²) in [5.41, 5.74) is -0.518. The van der Waals surface area contributed by atoms with E-state index in [2.05, 4.69) is 0 Å². The Kier molecular flexibility index (Phi) is 3.46. The number of ether oxygens (including phenoxy) is 1. The second kappa shape index (κ2) is 4.78. The molecule has 1 unspecified atom stereocenters. The number of benzene rings is 1. The molecule has 1 aromatic rings. The molecule has 0 N–H and O–H groups in total. The van der Waals surface area contributed by atoms with E-state index in [1.807, 2.05) is 20.8 Å². The summed E-state index contributed by atoms with van der Waals surface area (Å²) in [5, 5.41) is 8.68. The van der Waals surface area contributed by atoms with Crippen molar-refractivity contribution in [2.24, 2.45) is 0 Å². The van der Waals surface area contributed by atoms with Crippen molar-refractivity contribution < 1.29 is 13.5 Å². The van der Waals surface area contributed by atoms with E-state index in [0.29, 0.717) is 13.1 Å². The van der Waals surface area contributed by atoms with Crippen LogP contribution < -0.4 is 4.90 Å². The summed E-state index contributed by atoms with van der Waals surface area (Å²) in [4.78, 5) is 1.76. The van der Waals surface area contributed by atoms with Gasteiger partial charge < -0.3 is 9.64 Å². The first-order valence-electron chi connectivity index (χ1n) is 6.15. The lowest BCUT2D eigenvalue weighted by molar-refractivity contribution is -0.0751. The van der Waals surface area contributed by atoms with Gasteiger partial charge in [0.25, 0.3) is 0 Å². The smallest absolute Gasteiger partial charge is 0.183 e. The van der Waals surface area contributed by atoms with E-state index in [4.69, 9.17) is 10.00 Å². The Morgan fingerprint density at radius 2 is 2.05 bits per heavy atom. The number of hydrogen-bond acceptors (Lipinski definition) is 3. The van der Waals surface area contributed by atoms with Crippen molar-refractivity contribution in [1.82, 2.24) is 0 Å². The monoisotopic (exact) mass is 266 g/mol. The molecule has 0 aliphatic carbocycles. The largest absolute Gasteiger partial charge is 0.369 e. The molecular weight excluding hydrogens is 250 g/mol. The number of hydrogen-bond donors (Lipinski definition) is 0. The number of anilines is 1. The van der Waals surface area contributed by atoms with E-state index in [1.54, 1.807) is 11.0 Å². The minimum absolute atomic E-state index is 0.0677. The molecule has 3 nitrogen and oxygen atoms in total. The quantitative estimate of drug-likeness (QED) is 0.784. The predicted octanol–water partition coefficient (Wildman–Crippen LogP) is 2.84. The van der Waals surface area contributed by atoms with Crippen LogP contribution in [0.25, 0.3) is 0 Å². The van der Waals surface area contributed by atoms with Gasteiger partial charge in [-0.3, -0.25) is 0 Å². The fourth-order valence-electron chi connectivity index (χ4n) is 2.51. The molecule has 19 heavy (non-hydrogen) atoms. The van der Waals surface area contributed by atoms with Crippen molar-refractivity contribution in [2.75, 3.05) is 18.0 Å². The summed E-state index contributed by atoms with van der Waals surface area (Å²) in [7, 11) is 0. The van der Waals surface area contributed by atoms with Crippen molar-refractivity contribution in [3.8, 4) is 6.07 Å². The van der Waals surface area contributed by atoms with Crippen LogP contribution in [0.1, 0.15) is 26.3 Å². The molecule has 1 aliphatic rings. The molecule has 0 aromatic heterocycles. The number of nitriles is 1. The van der Waals surface area contributed by atoms with Crippen molar-refractivity contribution in [3.63, 3.8) is 0 Å². The van der Waals surface area contributed by atoms with Crippen LogP contribution in [0.4, 0.5) is 14.5 Å². The zero-order valence-electron chi connectivity index (χ0n) is 11.2. The van der Waals surface area contributed by atoms with Crippen LogP contribution in [-0.2, 0) is 4.74 Å². The zero-order valence-corrected chi connectivity index (χ0v) is 11.2. The average molecular weight is 266 g/mol. The Bertz CT molecular complexity index is 537. The van der Waals surface area contributed by atoms with Gasteiger partial charge in [-0.1, -0.05) is 0 Å². The van der Waals surface area contributed by atoms with Crippen LogP contribution in [0.3, 0.4) is 0 Å². The molecular formula is C14H16F2N2O. The Labute approximate surface area is 111 Å². The van der Waals surface area contributed by atoms with Gasteiger partial charge in [0.1, 0.15) is 6.07 Å². The van der Waals surface area contributed by atoms with Gasteiger partial charge in [0, 0.05) is 13.1 Å². The maximum absolute atomic E-state index is 14.0. The number of halogens is 2. The molecule has 1 aromatic carbocycles. The van der Waals surface area contributed by atoms with E-state index < -0.39 is 17.2 Å². The fourth-order valence-corrected chi connectivity index (χ4v) is 2.51. The summed E-state index contributed by atoms with van der Waals surface area (Å²) in [6.45, 7) is 6.68. The summed E-state index contributed by atoms with van der Waals surface area (Å²) >= 11 is 0. The lowest BCUT2D eigenvalue weighted by atomic mass is 10.0. The third-order valence-corrected chi connectivity index (χ3v) is 3.09. The van der Waals surface area contributed by atoms with Crippen LogP contribution in [0, 0.1) is 23.0 Å². The summed E-state index contributed by atoms with van der Waals surface area (Å²) in [6, 6.07) is 4.39. The second-order valence-electron chi connectivity index (χ2n) is 5.44. The Hall–Kier alpha value is -1.67. The van der Waals surface area contributed by atoms with E-state index in [-0.39, 0.29) is 17.4 Å². The highest BCUT2D eigenvalue weighted by atomic mass is 19.2. The van der Waals surface area contributed by atoms with Crippen LogP contribution >= 0.6 is 0 Å². The first-order valence-corrected chi connectivity index (χ1v) is 6.15. The minimum atomic E-state index is -1.09. The maximum Gasteiger partial charge on any atom is 0.183 e. The van der Waals surface area contributed by atoms with Crippen LogP contribution in [0.15, 0.2) is 12.1 Å². The van der Waals surface area contributed by atoms with Crippen molar-refractivity contribution in [2.45, 2.75) is 32.5 Å². The molecule has 1 heterocycles. The molecule has 1 atom stereocenters. The highest BCUT2D eigenvalue weighted by molar-refractivity contribution is 5.52. The van der Waals surface area contributed by atoms with E-state index in [9.17, 15) is 8.78 Å². The van der Waals surface area contributed by atoms with E-state index in [0.717, 1.165) is 0 Å². The first kappa shape index (κ1) is 13.8. The molecule has 102 valence electrons. The highest BCUT2D eigenvalue weighted by Crippen LogP contribution is 2.29. The average Bonchev–Trinajstić information content (AvgIpc) is 2.30. The van der Waals surface area contributed by atoms with Gasteiger partial charge in [-0.25, -0.2) is 8.78 Å². The van der Waals surface area contributed by atoms with Gasteiger partial charge in [0.05, 0.1) is 23.0 Å². The van der Waals surface area contributed by atoms with Gasteiger partial charge in [-0.05, 0) is 32.9 Å². The Morgan fingerprint density at radius 3 is 2.63 bits per heavy atom. The zero-order chi connectivity index (χ0) is 14.2. The van der Waals surface area contributed by atoms with E-state index in [1.165, 1.54) is 12.1 Å². The number of nitrogens with zero attached hydrogens (tertiary/aromatic N) is 2. The molecule has 2 rings (SSSR count). The molecule has 0 bridgehead atoms. The lowest BCUT2D eigenvalue weighted by Gasteiger charge is -2.43. The molecule has 1 aliphatic heterocycles. The number of rotatable bonds is 1. The van der Waals surface area contributed by atoms with Crippen molar-refractivity contribution in [3.05, 3.63) is 29.3 Å². The fraction of sp³-hybridized carbons (Fsp3) is 0.500. The molecule has 0 saturated carbocycles. The normalized spacial score (nSPS) is 22.1. The van der Waals surface area contributed by atoms with Crippen LogP contribution in [0.2, 0.25) is 0 Å². The molecule has 0 amide bonds. The third kappa shape index (κ3) is 2.69. The first-order chi connectivity index (χ1) is 8.84. The molecule has 0 spiro atoms. The summed E-state index contributed by atoms with van der Waals surface area (Å²) in [5.74, 6) is -2.05. The standard InChI is InChI=1S/C14H16F2N2O/c1-9-7-18(8-14(2,3)19-9)11-5-4-10(6-17)12(15)13(11)16/h4-5,9H,7-8H2,1-3H3. The molecule has 1 fully saturated rings. The summed E-state index contributed by atoms with van der Waals surface area (Å²) < 4.78 is 33.4. The van der Waals surface area contributed by atoms with Crippen LogP contribution in [-0.4, -0.2) is 24.8 Å². The molecule has 1 saturated heterocycles. The SMILES string of the molecule is CC1CN(c2ccc(C#N)c(F)c2F)CC(C)(C)O1.